The van der Waals surface area contributed by atoms with Crippen molar-refractivity contribution in [3.05, 3.63) is 59.7 Å². The van der Waals surface area contributed by atoms with Crippen LogP contribution in [0.5, 0.6) is 0 Å². The van der Waals surface area contributed by atoms with Crippen LogP contribution in [0.1, 0.15) is 22.8 Å². The van der Waals surface area contributed by atoms with Gasteiger partial charge in [0.2, 0.25) is 5.91 Å². The zero-order chi connectivity index (χ0) is 18.2. The SMILES string of the molecule is CC(=O)Nc1ccc(C(=O)NCC#Cc2ccc(N(C)C)cc2)cc1. The summed E-state index contributed by atoms with van der Waals surface area (Å²) < 4.78 is 0. The Labute approximate surface area is 148 Å². The van der Waals surface area contributed by atoms with E-state index in [2.05, 4.69) is 22.5 Å². The monoisotopic (exact) mass is 335 g/mol. The molecule has 0 heterocycles. The lowest BCUT2D eigenvalue weighted by Crippen LogP contribution is -2.23. The molecule has 0 saturated heterocycles. The number of anilines is 2. The topological polar surface area (TPSA) is 61.4 Å². The van der Waals surface area contributed by atoms with Gasteiger partial charge in [-0.05, 0) is 48.5 Å². The van der Waals surface area contributed by atoms with Crippen molar-refractivity contribution in [3.8, 4) is 11.8 Å². The molecule has 2 amide bonds. The second-order valence-corrected chi connectivity index (χ2v) is 5.68. The van der Waals surface area contributed by atoms with E-state index in [9.17, 15) is 9.59 Å². The van der Waals surface area contributed by atoms with E-state index in [0.29, 0.717) is 11.3 Å². The number of benzene rings is 2. The summed E-state index contributed by atoms with van der Waals surface area (Å²) in [5.41, 5.74) is 3.19. The van der Waals surface area contributed by atoms with Gasteiger partial charge in [-0.1, -0.05) is 11.8 Å². The van der Waals surface area contributed by atoms with E-state index >= 15 is 0 Å². The molecular weight excluding hydrogens is 314 g/mol. The van der Waals surface area contributed by atoms with Crippen molar-refractivity contribution < 1.29 is 9.59 Å². The minimum atomic E-state index is -0.202. The molecule has 0 radical (unpaired) electrons. The fourth-order valence-electron chi connectivity index (χ4n) is 2.12. The summed E-state index contributed by atoms with van der Waals surface area (Å²) in [5, 5.41) is 5.41. The van der Waals surface area contributed by atoms with Gasteiger partial charge in [0.1, 0.15) is 0 Å². The molecule has 5 heteroatoms. The van der Waals surface area contributed by atoms with Crippen molar-refractivity contribution in [3.63, 3.8) is 0 Å². The van der Waals surface area contributed by atoms with Gasteiger partial charge in [0, 0.05) is 43.5 Å². The Hall–Kier alpha value is -3.26. The molecule has 0 aliphatic carbocycles. The number of rotatable bonds is 4. The quantitative estimate of drug-likeness (QED) is 0.844. The van der Waals surface area contributed by atoms with Gasteiger partial charge < -0.3 is 15.5 Å². The Kier molecular flexibility index (Phi) is 6.19. The summed E-state index contributed by atoms with van der Waals surface area (Å²) in [5.74, 6) is 5.60. The lowest BCUT2D eigenvalue weighted by atomic mass is 10.2. The van der Waals surface area contributed by atoms with Crippen molar-refractivity contribution in [2.45, 2.75) is 6.92 Å². The Morgan fingerprint density at radius 3 is 2.20 bits per heavy atom. The Balaban J connectivity index is 1.87. The number of hydrogen-bond donors (Lipinski definition) is 2. The fraction of sp³-hybridized carbons (Fsp3) is 0.200. The van der Waals surface area contributed by atoms with Crippen LogP contribution >= 0.6 is 0 Å². The molecule has 0 fully saturated rings. The molecule has 25 heavy (non-hydrogen) atoms. The summed E-state index contributed by atoms with van der Waals surface area (Å²) in [6.07, 6.45) is 0. The molecule has 0 aromatic heterocycles. The first kappa shape index (κ1) is 18.1. The fourth-order valence-corrected chi connectivity index (χ4v) is 2.12. The standard InChI is InChI=1S/C20H21N3O2/c1-15(24)22-18-10-8-17(9-11-18)20(25)21-14-4-5-16-6-12-19(13-7-16)23(2)3/h6-13H,14H2,1-3H3,(H,21,25)(H,22,24). The van der Waals surface area contributed by atoms with Crippen LogP contribution in [-0.4, -0.2) is 32.5 Å². The minimum absolute atomic E-state index is 0.147. The van der Waals surface area contributed by atoms with Crippen LogP contribution < -0.4 is 15.5 Å². The summed E-state index contributed by atoms with van der Waals surface area (Å²) in [7, 11) is 3.97. The lowest BCUT2D eigenvalue weighted by molar-refractivity contribution is -0.114. The smallest absolute Gasteiger partial charge is 0.252 e. The highest BCUT2D eigenvalue weighted by molar-refractivity contribution is 5.95. The van der Waals surface area contributed by atoms with E-state index < -0.39 is 0 Å². The first-order valence-corrected chi connectivity index (χ1v) is 7.88. The van der Waals surface area contributed by atoms with Crippen molar-refractivity contribution >= 4 is 23.2 Å². The average Bonchev–Trinajstić information content (AvgIpc) is 2.59. The molecule has 0 saturated carbocycles. The van der Waals surface area contributed by atoms with Crippen molar-refractivity contribution in [2.75, 3.05) is 30.9 Å². The van der Waals surface area contributed by atoms with E-state index in [0.717, 1.165) is 11.3 Å². The molecule has 5 nitrogen and oxygen atoms in total. The molecule has 0 unspecified atom stereocenters. The van der Waals surface area contributed by atoms with Gasteiger partial charge in [-0.2, -0.15) is 0 Å². The maximum Gasteiger partial charge on any atom is 0.252 e. The second kappa shape index (κ2) is 8.55. The van der Waals surface area contributed by atoms with E-state index in [1.54, 1.807) is 24.3 Å². The van der Waals surface area contributed by atoms with Gasteiger partial charge >= 0.3 is 0 Å². The van der Waals surface area contributed by atoms with E-state index in [1.807, 2.05) is 43.3 Å². The summed E-state index contributed by atoms with van der Waals surface area (Å²) >= 11 is 0. The number of carbonyl (C=O) groups excluding carboxylic acids is 2. The van der Waals surface area contributed by atoms with Crippen LogP contribution in [0.25, 0.3) is 0 Å². The van der Waals surface area contributed by atoms with Crippen LogP contribution in [-0.2, 0) is 4.79 Å². The summed E-state index contributed by atoms with van der Waals surface area (Å²) in [4.78, 5) is 25.0. The number of nitrogens with one attached hydrogen (secondary N) is 2. The minimum Gasteiger partial charge on any atom is -0.378 e. The molecule has 2 N–H and O–H groups in total. The van der Waals surface area contributed by atoms with Gasteiger partial charge in [0.15, 0.2) is 0 Å². The third kappa shape index (κ3) is 5.70. The van der Waals surface area contributed by atoms with Gasteiger partial charge in [-0.25, -0.2) is 0 Å². The molecule has 128 valence electrons. The first-order chi connectivity index (χ1) is 12.0. The number of amides is 2. The van der Waals surface area contributed by atoms with E-state index in [4.69, 9.17) is 0 Å². The van der Waals surface area contributed by atoms with Gasteiger partial charge in [0.25, 0.3) is 5.91 Å². The lowest BCUT2D eigenvalue weighted by Gasteiger charge is -2.11. The van der Waals surface area contributed by atoms with E-state index in [1.165, 1.54) is 6.92 Å². The average molecular weight is 335 g/mol. The van der Waals surface area contributed by atoms with Gasteiger partial charge in [-0.15, -0.1) is 0 Å². The Bertz CT molecular complexity index is 798. The Morgan fingerprint density at radius 2 is 1.64 bits per heavy atom. The molecule has 0 spiro atoms. The maximum absolute atomic E-state index is 12.0. The molecule has 0 aliphatic rings. The maximum atomic E-state index is 12.0. The molecule has 0 aliphatic heterocycles. The third-order valence-electron chi connectivity index (χ3n) is 3.42. The van der Waals surface area contributed by atoms with Gasteiger partial charge in [-0.3, -0.25) is 9.59 Å². The highest BCUT2D eigenvalue weighted by Gasteiger charge is 2.04. The normalized spacial score (nSPS) is 9.56. The summed E-state index contributed by atoms with van der Waals surface area (Å²) in [6, 6.07) is 14.6. The van der Waals surface area contributed by atoms with Crippen LogP contribution in [0.3, 0.4) is 0 Å². The predicted octanol–water partition coefficient (Wildman–Crippen LogP) is 2.49. The first-order valence-electron chi connectivity index (χ1n) is 7.88. The second-order valence-electron chi connectivity index (χ2n) is 5.68. The summed E-state index contributed by atoms with van der Waals surface area (Å²) in [6.45, 7) is 1.70. The molecule has 2 rings (SSSR count). The molecular formula is C20H21N3O2. The van der Waals surface area contributed by atoms with Crippen molar-refractivity contribution in [2.24, 2.45) is 0 Å². The zero-order valence-electron chi connectivity index (χ0n) is 14.6. The van der Waals surface area contributed by atoms with E-state index in [-0.39, 0.29) is 18.4 Å². The van der Waals surface area contributed by atoms with Crippen LogP contribution in [0.4, 0.5) is 11.4 Å². The highest BCUT2D eigenvalue weighted by atomic mass is 16.2. The van der Waals surface area contributed by atoms with Crippen LogP contribution in [0, 0.1) is 11.8 Å². The number of hydrogen-bond acceptors (Lipinski definition) is 3. The predicted molar refractivity (Wildman–Crippen MR) is 101 cm³/mol. The molecule has 2 aromatic rings. The molecule has 2 aromatic carbocycles. The van der Waals surface area contributed by atoms with Crippen LogP contribution in [0.2, 0.25) is 0 Å². The largest absolute Gasteiger partial charge is 0.378 e. The van der Waals surface area contributed by atoms with Crippen molar-refractivity contribution in [1.29, 1.82) is 0 Å². The van der Waals surface area contributed by atoms with Crippen LogP contribution in [0.15, 0.2) is 48.5 Å². The molecule has 0 bridgehead atoms. The number of carbonyl (C=O) groups is 2. The zero-order valence-corrected chi connectivity index (χ0v) is 14.6. The van der Waals surface area contributed by atoms with Crippen molar-refractivity contribution in [1.82, 2.24) is 5.32 Å². The Morgan fingerprint density at radius 1 is 1.00 bits per heavy atom. The third-order valence-corrected chi connectivity index (χ3v) is 3.42. The number of nitrogens with zero attached hydrogens (tertiary/aromatic N) is 1. The highest BCUT2D eigenvalue weighted by Crippen LogP contribution is 2.11. The van der Waals surface area contributed by atoms with Gasteiger partial charge in [0.05, 0.1) is 6.54 Å². The molecule has 0 atom stereocenters.